The SMILES string of the molecule is CCN1CCN(C(O)N(Cc2ccc(-c3nnc(C(F)(F)F)o3)cc2)c2ccc(F)cc2)CC1. The second-order valence-corrected chi connectivity index (χ2v) is 8.03. The quantitative estimate of drug-likeness (QED) is 0.408. The Labute approximate surface area is 194 Å². The minimum Gasteiger partial charge on any atom is -0.413 e. The molecule has 1 N–H and O–H groups in total. The number of aromatic nitrogens is 2. The topological polar surface area (TPSA) is 68.9 Å². The van der Waals surface area contributed by atoms with E-state index >= 15 is 0 Å². The van der Waals surface area contributed by atoms with Crippen molar-refractivity contribution in [2.75, 3.05) is 37.6 Å². The van der Waals surface area contributed by atoms with Crippen LogP contribution in [0.2, 0.25) is 0 Å². The van der Waals surface area contributed by atoms with Crippen LogP contribution in [0.15, 0.2) is 52.9 Å². The summed E-state index contributed by atoms with van der Waals surface area (Å²) < 4.78 is 56.4. The Morgan fingerprint density at radius 2 is 1.65 bits per heavy atom. The number of aliphatic hydroxyl groups excluding tert-OH is 1. The molecule has 1 aliphatic rings. The summed E-state index contributed by atoms with van der Waals surface area (Å²) in [5.41, 5.74) is 1.77. The third-order valence-corrected chi connectivity index (χ3v) is 5.84. The van der Waals surface area contributed by atoms with Crippen molar-refractivity contribution in [3.05, 3.63) is 65.8 Å². The van der Waals surface area contributed by atoms with E-state index in [2.05, 4.69) is 22.0 Å². The van der Waals surface area contributed by atoms with Crippen LogP contribution in [0.25, 0.3) is 11.5 Å². The van der Waals surface area contributed by atoms with E-state index in [0.717, 1.165) is 25.2 Å². The largest absolute Gasteiger partial charge is 0.470 e. The fourth-order valence-corrected chi connectivity index (χ4v) is 3.85. The van der Waals surface area contributed by atoms with Gasteiger partial charge in [-0.2, -0.15) is 13.2 Å². The van der Waals surface area contributed by atoms with E-state index in [1.165, 1.54) is 12.1 Å². The van der Waals surface area contributed by atoms with Crippen LogP contribution in [-0.2, 0) is 12.7 Å². The van der Waals surface area contributed by atoms with Crippen LogP contribution in [0.4, 0.5) is 23.2 Å². The molecule has 0 bridgehead atoms. The monoisotopic (exact) mass is 479 g/mol. The molecule has 4 rings (SSSR count). The van der Waals surface area contributed by atoms with Crippen molar-refractivity contribution in [1.82, 2.24) is 20.0 Å². The van der Waals surface area contributed by atoms with Gasteiger partial charge in [0.15, 0.2) is 6.35 Å². The molecular formula is C23H25F4N5O2. The van der Waals surface area contributed by atoms with Crippen molar-refractivity contribution in [2.45, 2.75) is 26.0 Å². The first-order valence-electron chi connectivity index (χ1n) is 10.9. The van der Waals surface area contributed by atoms with Gasteiger partial charge >= 0.3 is 12.1 Å². The Morgan fingerprint density at radius 1 is 1.00 bits per heavy atom. The van der Waals surface area contributed by atoms with Crippen molar-refractivity contribution < 1.29 is 27.1 Å². The molecule has 34 heavy (non-hydrogen) atoms. The van der Waals surface area contributed by atoms with E-state index in [4.69, 9.17) is 4.42 Å². The number of nitrogens with zero attached hydrogens (tertiary/aromatic N) is 5. The molecule has 2 heterocycles. The minimum atomic E-state index is -4.71. The van der Waals surface area contributed by atoms with E-state index < -0.39 is 18.4 Å². The summed E-state index contributed by atoms with van der Waals surface area (Å²) >= 11 is 0. The van der Waals surface area contributed by atoms with Crippen molar-refractivity contribution in [3.63, 3.8) is 0 Å². The lowest BCUT2D eigenvalue weighted by molar-refractivity contribution is -0.156. The molecule has 0 radical (unpaired) electrons. The highest BCUT2D eigenvalue weighted by Gasteiger charge is 2.38. The van der Waals surface area contributed by atoms with Gasteiger partial charge in [0.05, 0.1) is 0 Å². The van der Waals surface area contributed by atoms with Gasteiger partial charge in [0, 0.05) is 44.0 Å². The van der Waals surface area contributed by atoms with Gasteiger partial charge in [-0.25, -0.2) is 4.39 Å². The van der Waals surface area contributed by atoms with Crippen molar-refractivity contribution in [1.29, 1.82) is 0 Å². The molecule has 1 atom stereocenters. The second-order valence-electron chi connectivity index (χ2n) is 8.03. The van der Waals surface area contributed by atoms with Gasteiger partial charge in [0.1, 0.15) is 5.82 Å². The molecule has 1 fully saturated rings. The third kappa shape index (κ3) is 5.54. The van der Waals surface area contributed by atoms with E-state index in [1.807, 2.05) is 4.90 Å². The molecule has 3 aromatic rings. The summed E-state index contributed by atoms with van der Waals surface area (Å²) in [4.78, 5) is 6.01. The number of hydrogen-bond donors (Lipinski definition) is 1. The summed E-state index contributed by atoms with van der Waals surface area (Å²) in [5, 5.41) is 17.7. The summed E-state index contributed by atoms with van der Waals surface area (Å²) in [7, 11) is 0. The fraction of sp³-hybridized carbons (Fsp3) is 0.391. The van der Waals surface area contributed by atoms with Gasteiger partial charge in [0.25, 0.3) is 0 Å². The number of halogens is 4. The number of hydrogen-bond acceptors (Lipinski definition) is 7. The van der Waals surface area contributed by atoms with E-state index in [9.17, 15) is 22.7 Å². The normalized spacial score (nSPS) is 16.5. The second kappa shape index (κ2) is 10.1. The van der Waals surface area contributed by atoms with Crippen molar-refractivity contribution in [3.8, 4) is 11.5 Å². The van der Waals surface area contributed by atoms with Gasteiger partial charge in [-0.3, -0.25) is 4.90 Å². The third-order valence-electron chi connectivity index (χ3n) is 5.84. The molecule has 1 saturated heterocycles. The summed E-state index contributed by atoms with van der Waals surface area (Å²) in [5.74, 6) is -2.01. The van der Waals surface area contributed by atoms with E-state index in [0.29, 0.717) is 30.9 Å². The average molecular weight is 479 g/mol. The molecular weight excluding hydrogens is 454 g/mol. The Kier molecular flexibility index (Phi) is 7.15. The number of likely N-dealkylation sites (N-methyl/N-ethyl adjacent to an activating group) is 1. The molecule has 0 aliphatic carbocycles. The number of aliphatic hydroxyl groups is 1. The smallest absolute Gasteiger partial charge is 0.413 e. The summed E-state index contributed by atoms with van der Waals surface area (Å²) in [6.07, 6.45) is -5.64. The first-order valence-corrected chi connectivity index (χ1v) is 10.9. The molecule has 182 valence electrons. The Hall–Kier alpha value is -3.02. The molecule has 7 nitrogen and oxygen atoms in total. The van der Waals surface area contributed by atoms with E-state index in [1.54, 1.807) is 41.3 Å². The number of piperazine rings is 1. The maximum absolute atomic E-state index is 13.5. The molecule has 0 spiro atoms. The molecule has 11 heteroatoms. The molecule has 0 saturated carbocycles. The highest BCUT2D eigenvalue weighted by Crippen LogP contribution is 2.30. The Balaban J connectivity index is 1.53. The maximum atomic E-state index is 13.5. The van der Waals surface area contributed by atoms with Gasteiger partial charge in [-0.05, 0) is 48.5 Å². The van der Waals surface area contributed by atoms with Gasteiger partial charge in [0.2, 0.25) is 5.89 Å². The lowest BCUT2D eigenvalue weighted by Crippen LogP contribution is -2.56. The zero-order valence-corrected chi connectivity index (χ0v) is 18.5. The first kappa shape index (κ1) is 24.1. The van der Waals surface area contributed by atoms with Crippen molar-refractivity contribution >= 4 is 5.69 Å². The number of anilines is 1. The van der Waals surface area contributed by atoms with Gasteiger partial charge < -0.3 is 19.3 Å². The van der Waals surface area contributed by atoms with E-state index in [-0.39, 0.29) is 11.7 Å². The molecule has 1 unspecified atom stereocenters. The standard InChI is InChI=1S/C23H25F4N5O2/c1-2-30-11-13-31(14-12-30)22(33)32(19-9-7-18(24)8-10-19)15-16-3-5-17(6-4-16)20-28-29-21(34-20)23(25,26)27/h3-10,22,33H,2,11-15H2,1H3. The summed E-state index contributed by atoms with van der Waals surface area (Å²) in [6, 6.07) is 12.5. The van der Waals surface area contributed by atoms with Crippen LogP contribution in [0.5, 0.6) is 0 Å². The predicted octanol–water partition coefficient (Wildman–Crippen LogP) is 3.81. The number of alkyl halides is 3. The Bertz CT molecular complexity index is 1060. The molecule has 2 aromatic carbocycles. The molecule has 1 aliphatic heterocycles. The first-order chi connectivity index (χ1) is 16.2. The lowest BCUT2D eigenvalue weighted by atomic mass is 10.1. The minimum absolute atomic E-state index is 0.233. The lowest BCUT2D eigenvalue weighted by Gasteiger charge is -2.41. The molecule has 0 amide bonds. The number of benzene rings is 2. The van der Waals surface area contributed by atoms with Crippen LogP contribution in [-0.4, -0.2) is 64.2 Å². The van der Waals surface area contributed by atoms with Crippen LogP contribution < -0.4 is 4.90 Å². The van der Waals surface area contributed by atoms with Crippen LogP contribution in [0.1, 0.15) is 18.4 Å². The Morgan fingerprint density at radius 3 is 2.21 bits per heavy atom. The average Bonchev–Trinajstić information content (AvgIpc) is 3.34. The van der Waals surface area contributed by atoms with Gasteiger partial charge in [-0.15, -0.1) is 10.2 Å². The van der Waals surface area contributed by atoms with Crippen molar-refractivity contribution in [2.24, 2.45) is 0 Å². The molecule has 1 aromatic heterocycles. The maximum Gasteiger partial charge on any atom is 0.470 e. The zero-order valence-electron chi connectivity index (χ0n) is 18.5. The van der Waals surface area contributed by atoms with Crippen LogP contribution >= 0.6 is 0 Å². The fourth-order valence-electron chi connectivity index (χ4n) is 3.85. The van der Waals surface area contributed by atoms with Gasteiger partial charge in [-0.1, -0.05) is 19.1 Å². The highest BCUT2D eigenvalue weighted by molar-refractivity contribution is 5.54. The summed E-state index contributed by atoms with van der Waals surface area (Å²) in [6.45, 7) is 6.38. The number of rotatable bonds is 7. The van der Waals surface area contributed by atoms with Crippen LogP contribution in [0, 0.1) is 5.82 Å². The zero-order chi connectivity index (χ0) is 24.3. The predicted molar refractivity (Wildman–Crippen MR) is 117 cm³/mol. The van der Waals surface area contributed by atoms with Crippen LogP contribution in [0.3, 0.4) is 0 Å². The highest BCUT2D eigenvalue weighted by atomic mass is 19.4.